The second-order valence-corrected chi connectivity index (χ2v) is 7.74. The number of carbonyl (C=O) groups excluding carboxylic acids is 1. The quantitative estimate of drug-likeness (QED) is 0.805. The Morgan fingerprint density at radius 3 is 2.91 bits per heavy atom. The highest BCUT2D eigenvalue weighted by Gasteiger charge is 2.24. The Morgan fingerprint density at radius 1 is 1.45 bits per heavy atom. The summed E-state index contributed by atoms with van der Waals surface area (Å²) in [6.07, 6.45) is 0.818. The van der Waals surface area contributed by atoms with Crippen LogP contribution in [0.4, 0.5) is 5.69 Å². The molecule has 8 heteroatoms. The first kappa shape index (κ1) is 17.1. The number of anilines is 1. The topological polar surface area (TPSA) is 78.5 Å². The number of amides is 1. The van der Waals surface area contributed by atoms with Crippen LogP contribution in [0.25, 0.3) is 0 Å². The first-order chi connectivity index (χ1) is 10.4. The van der Waals surface area contributed by atoms with E-state index in [-0.39, 0.29) is 24.2 Å². The number of rotatable bonds is 6. The summed E-state index contributed by atoms with van der Waals surface area (Å²) in [5.41, 5.74) is 1.02. The third-order valence-electron chi connectivity index (χ3n) is 3.56. The van der Waals surface area contributed by atoms with E-state index in [0.29, 0.717) is 11.6 Å². The molecule has 1 atom stereocenters. The van der Waals surface area contributed by atoms with Gasteiger partial charge < -0.3 is 10.2 Å². The van der Waals surface area contributed by atoms with Crippen molar-refractivity contribution in [2.75, 3.05) is 30.3 Å². The molecule has 0 aromatic heterocycles. The number of hydrogen-bond acceptors (Lipinski definition) is 4. The molecule has 22 heavy (non-hydrogen) atoms. The van der Waals surface area contributed by atoms with Crippen LogP contribution in [-0.4, -0.2) is 45.8 Å². The zero-order chi connectivity index (χ0) is 16.2. The maximum atomic E-state index is 11.8. The molecular formula is C14H20ClN3O3S. The summed E-state index contributed by atoms with van der Waals surface area (Å²) in [6.45, 7) is 2.82. The number of nitrogens with one attached hydrogen (secondary N) is 2. The average molecular weight is 346 g/mol. The van der Waals surface area contributed by atoms with Gasteiger partial charge in [-0.15, -0.1) is 0 Å². The smallest absolute Gasteiger partial charge is 0.235 e. The molecule has 0 aliphatic carbocycles. The van der Waals surface area contributed by atoms with Crippen LogP contribution in [-0.2, 0) is 14.8 Å². The molecule has 1 saturated heterocycles. The summed E-state index contributed by atoms with van der Waals surface area (Å²) in [5, 5.41) is 3.53. The molecule has 1 heterocycles. The maximum absolute atomic E-state index is 11.8. The SMILES string of the molecule is CCS(=O)(=O)NCC(=O)NC1CCN(c2cccc(Cl)c2)C1. The van der Waals surface area contributed by atoms with Crippen molar-refractivity contribution in [3.63, 3.8) is 0 Å². The molecule has 1 unspecified atom stereocenters. The van der Waals surface area contributed by atoms with Crippen molar-refractivity contribution in [1.29, 1.82) is 0 Å². The predicted molar refractivity (Wildman–Crippen MR) is 87.7 cm³/mol. The number of nitrogens with zero attached hydrogens (tertiary/aromatic N) is 1. The zero-order valence-corrected chi connectivity index (χ0v) is 14.0. The van der Waals surface area contributed by atoms with Crippen LogP contribution in [0.1, 0.15) is 13.3 Å². The maximum Gasteiger partial charge on any atom is 0.235 e. The van der Waals surface area contributed by atoms with Crippen LogP contribution in [0.5, 0.6) is 0 Å². The molecular weight excluding hydrogens is 326 g/mol. The van der Waals surface area contributed by atoms with Gasteiger partial charge in [-0.3, -0.25) is 4.79 Å². The second kappa shape index (κ2) is 7.30. The Bertz CT molecular complexity index is 636. The van der Waals surface area contributed by atoms with Gasteiger partial charge in [0.05, 0.1) is 12.3 Å². The van der Waals surface area contributed by atoms with Crippen molar-refractivity contribution in [2.24, 2.45) is 0 Å². The summed E-state index contributed by atoms with van der Waals surface area (Å²) in [6, 6.07) is 7.59. The lowest BCUT2D eigenvalue weighted by Crippen LogP contribution is -2.43. The standard InChI is InChI=1S/C14H20ClN3O3S/c1-2-22(20,21)16-9-14(19)17-12-6-7-18(10-12)13-5-3-4-11(15)8-13/h3-5,8,12,16H,2,6-7,9-10H2,1H3,(H,17,19). The van der Waals surface area contributed by atoms with Gasteiger partial charge in [-0.2, -0.15) is 0 Å². The third kappa shape index (κ3) is 4.86. The second-order valence-electron chi connectivity index (χ2n) is 5.20. The first-order valence-electron chi connectivity index (χ1n) is 7.17. The molecule has 1 fully saturated rings. The third-order valence-corrected chi connectivity index (χ3v) is 5.14. The molecule has 0 radical (unpaired) electrons. The number of hydrogen-bond donors (Lipinski definition) is 2. The minimum Gasteiger partial charge on any atom is -0.369 e. The van der Waals surface area contributed by atoms with Crippen LogP contribution < -0.4 is 14.9 Å². The van der Waals surface area contributed by atoms with E-state index in [1.807, 2.05) is 24.3 Å². The van der Waals surface area contributed by atoms with Crippen LogP contribution in [0.3, 0.4) is 0 Å². The Morgan fingerprint density at radius 2 is 2.23 bits per heavy atom. The molecule has 0 saturated carbocycles. The van der Waals surface area contributed by atoms with Gasteiger partial charge in [0, 0.05) is 29.8 Å². The molecule has 2 rings (SSSR count). The highest BCUT2D eigenvalue weighted by atomic mass is 35.5. The predicted octanol–water partition coefficient (Wildman–Crippen LogP) is 0.974. The fraction of sp³-hybridized carbons (Fsp3) is 0.500. The molecule has 0 spiro atoms. The summed E-state index contributed by atoms with van der Waals surface area (Å²) >= 11 is 5.98. The lowest BCUT2D eigenvalue weighted by atomic mass is 10.2. The molecule has 122 valence electrons. The number of carbonyl (C=O) groups is 1. The summed E-state index contributed by atoms with van der Waals surface area (Å²) in [7, 11) is -3.34. The van der Waals surface area contributed by atoms with Gasteiger partial charge in [-0.1, -0.05) is 17.7 Å². The highest BCUT2D eigenvalue weighted by Crippen LogP contribution is 2.23. The molecule has 2 N–H and O–H groups in total. The van der Waals surface area contributed by atoms with Gasteiger partial charge in [0.25, 0.3) is 0 Å². The number of halogens is 1. The summed E-state index contributed by atoms with van der Waals surface area (Å²) in [4.78, 5) is 13.9. The summed E-state index contributed by atoms with van der Waals surface area (Å²) < 4.78 is 24.9. The molecule has 1 aromatic rings. The molecule has 1 aliphatic heterocycles. The van der Waals surface area contributed by atoms with E-state index in [1.165, 1.54) is 6.92 Å². The molecule has 1 aromatic carbocycles. The first-order valence-corrected chi connectivity index (χ1v) is 9.20. The monoisotopic (exact) mass is 345 g/mol. The number of benzene rings is 1. The van der Waals surface area contributed by atoms with Gasteiger partial charge in [-0.05, 0) is 31.5 Å². The molecule has 0 bridgehead atoms. The minimum absolute atomic E-state index is 0.0117. The van der Waals surface area contributed by atoms with Gasteiger partial charge in [0.15, 0.2) is 0 Å². The Balaban J connectivity index is 1.82. The Labute approximate surface area is 135 Å². The van der Waals surface area contributed by atoms with E-state index in [0.717, 1.165) is 18.7 Å². The molecule has 6 nitrogen and oxygen atoms in total. The van der Waals surface area contributed by atoms with Crippen molar-refractivity contribution in [3.8, 4) is 0 Å². The van der Waals surface area contributed by atoms with E-state index < -0.39 is 10.0 Å². The normalized spacial score (nSPS) is 18.5. The Kier molecular flexibility index (Phi) is 5.66. The summed E-state index contributed by atoms with van der Waals surface area (Å²) in [5.74, 6) is -0.346. The van der Waals surface area contributed by atoms with Crippen molar-refractivity contribution in [1.82, 2.24) is 10.0 Å². The van der Waals surface area contributed by atoms with E-state index >= 15 is 0 Å². The highest BCUT2D eigenvalue weighted by molar-refractivity contribution is 7.89. The van der Waals surface area contributed by atoms with E-state index in [2.05, 4.69) is 14.9 Å². The van der Waals surface area contributed by atoms with Crippen LogP contribution >= 0.6 is 11.6 Å². The van der Waals surface area contributed by atoms with E-state index in [4.69, 9.17) is 11.6 Å². The number of sulfonamides is 1. The molecule has 1 amide bonds. The minimum atomic E-state index is -3.34. The van der Waals surface area contributed by atoms with Gasteiger partial charge >= 0.3 is 0 Å². The van der Waals surface area contributed by atoms with Gasteiger partial charge in [0.1, 0.15) is 0 Å². The van der Waals surface area contributed by atoms with Crippen molar-refractivity contribution in [3.05, 3.63) is 29.3 Å². The largest absolute Gasteiger partial charge is 0.369 e. The Hall–Kier alpha value is -1.31. The zero-order valence-electron chi connectivity index (χ0n) is 12.4. The average Bonchev–Trinajstić information content (AvgIpc) is 2.94. The van der Waals surface area contributed by atoms with Crippen molar-refractivity contribution < 1.29 is 13.2 Å². The van der Waals surface area contributed by atoms with Crippen molar-refractivity contribution in [2.45, 2.75) is 19.4 Å². The van der Waals surface area contributed by atoms with Crippen LogP contribution in [0.2, 0.25) is 5.02 Å². The van der Waals surface area contributed by atoms with E-state index in [9.17, 15) is 13.2 Å². The lowest BCUT2D eigenvalue weighted by Gasteiger charge is -2.19. The van der Waals surface area contributed by atoms with E-state index in [1.54, 1.807) is 0 Å². The van der Waals surface area contributed by atoms with Crippen LogP contribution in [0.15, 0.2) is 24.3 Å². The van der Waals surface area contributed by atoms with Gasteiger partial charge in [0.2, 0.25) is 15.9 Å². The van der Waals surface area contributed by atoms with Gasteiger partial charge in [-0.25, -0.2) is 13.1 Å². The molecule has 1 aliphatic rings. The fourth-order valence-corrected chi connectivity index (χ4v) is 3.08. The fourth-order valence-electron chi connectivity index (χ4n) is 2.34. The van der Waals surface area contributed by atoms with Crippen LogP contribution in [0, 0.1) is 0 Å². The van der Waals surface area contributed by atoms with Crippen molar-refractivity contribution >= 4 is 33.2 Å². The lowest BCUT2D eigenvalue weighted by molar-refractivity contribution is -0.120.